The Kier molecular flexibility index (Phi) is 3.28. The largest absolute Gasteiger partial charge is 0.322 e. The van der Waals surface area contributed by atoms with E-state index in [4.69, 9.17) is 23.2 Å². The molecule has 0 fully saturated rings. The maximum atomic E-state index is 11.5. The van der Waals surface area contributed by atoms with Crippen molar-refractivity contribution >= 4 is 57.6 Å². The Balaban J connectivity index is 2.46. The van der Waals surface area contributed by atoms with Crippen molar-refractivity contribution in [2.45, 2.75) is 12.3 Å². The summed E-state index contributed by atoms with van der Waals surface area (Å²) in [6.45, 7) is 1.59. The highest BCUT2D eigenvalue weighted by molar-refractivity contribution is 7.00. The number of anilines is 1. The van der Waals surface area contributed by atoms with E-state index in [1.807, 2.05) is 0 Å². The third-order valence-electron chi connectivity index (χ3n) is 1.99. The summed E-state index contributed by atoms with van der Waals surface area (Å²) in [6.07, 6.45) is 0. The van der Waals surface area contributed by atoms with Crippen LogP contribution in [0.4, 0.5) is 5.69 Å². The molecule has 84 valence electrons. The van der Waals surface area contributed by atoms with Crippen molar-refractivity contribution < 1.29 is 4.79 Å². The van der Waals surface area contributed by atoms with Gasteiger partial charge in [-0.2, -0.15) is 8.75 Å². The van der Waals surface area contributed by atoms with E-state index in [1.165, 1.54) is 0 Å². The summed E-state index contributed by atoms with van der Waals surface area (Å²) in [5, 5.41) is 2.44. The van der Waals surface area contributed by atoms with Crippen LogP contribution >= 0.6 is 34.9 Å². The lowest BCUT2D eigenvalue weighted by Gasteiger charge is -2.08. The number of carbonyl (C=O) groups excluding carboxylic acids is 1. The fourth-order valence-corrected chi connectivity index (χ4v) is 1.97. The maximum Gasteiger partial charge on any atom is 0.242 e. The van der Waals surface area contributed by atoms with Crippen molar-refractivity contribution in [2.75, 3.05) is 5.32 Å². The van der Waals surface area contributed by atoms with Crippen LogP contribution in [0, 0.1) is 0 Å². The lowest BCUT2D eigenvalue weighted by Crippen LogP contribution is -2.20. The minimum atomic E-state index is -0.627. The second-order valence-corrected chi connectivity index (χ2v) is 4.75. The van der Waals surface area contributed by atoms with Crippen LogP contribution in [0.2, 0.25) is 5.02 Å². The van der Waals surface area contributed by atoms with E-state index in [2.05, 4.69) is 14.1 Å². The first kappa shape index (κ1) is 11.6. The third kappa shape index (κ3) is 2.11. The molecule has 1 aromatic carbocycles. The Labute approximate surface area is 106 Å². The van der Waals surface area contributed by atoms with E-state index in [9.17, 15) is 4.79 Å². The highest BCUT2D eigenvalue weighted by atomic mass is 35.5. The Bertz CT molecular complexity index is 541. The smallest absolute Gasteiger partial charge is 0.242 e. The van der Waals surface area contributed by atoms with Crippen LogP contribution < -0.4 is 5.32 Å². The third-order valence-corrected chi connectivity index (χ3v) is 3.04. The van der Waals surface area contributed by atoms with E-state index < -0.39 is 5.38 Å². The molecule has 1 unspecified atom stereocenters. The van der Waals surface area contributed by atoms with Crippen molar-refractivity contribution in [3.63, 3.8) is 0 Å². The van der Waals surface area contributed by atoms with Gasteiger partial charge in [-0.3, -0.25) is 4.79 Å². The van der Waals surface area contributed by atoms with Gasteiger partial charge in [-0.1, -0.05) is 11.6 Å². The predicted molar refractivity (Wildman–Crippen MR) is 66.4 cm³/mol. The Morgan fingerprint density at radius 1 is 1.50 bits per heavy atom. The maximum absolute atomic E-state index is 11.5. The zero-order valence-electron chi connectivity index (χ0n) is 8.20. The van der Waals surface area contributed by atoms with E-state index >= 15 is 0 Å². The summed E-state index contributed by atoms with van der Waals surface area (Å²) in [4.78, 5) is 11.5. The first-order valence-corrected chi connectivity index (χ1v) is 6.00. The number of hydrogen-bond donors (Lipinski definition) is 1. The summed E-state index contributed by atoms with van der Waals surface area (Å²) in [6, 6.07) is 3.42. The normalized spacial score (nSPS) is 12.7. The van der Waals surface area contributed by atoms with Crippen molar-refractivity contribution in [1.29, 1.82) is 0 Å². The van der Waals surface area contributed by atoms with Gasteiger partial charge in [-0.05, 0) is 19.1 Å². The summed E-state index contributed by atoms with van der Waals surface area (Å²) >= 11 is 12.7. The van der Waals surface area contributed by atoms with Crippen LogP contribution in [0.25, 0.3) is 11.0 Å². The number of rotatable bonds is 2. The molecule has 0 saturated heterocycles. The Hall–Kier alpha value is -0.910. The van der Waals surface area contributed by atoms with Crippen molar-refractivity contribution in [3.8, 4) is 0 Å². The molecule has 1 atom stereocenters. The number of halogens is 2. The van der Waals surface area contributed by atoms with E-state index in [1.54, 1.807) is 19.1 Å². The number of amides is 1. The van der Waals surface area contributed by atoms with Crippen LogP contribution in [0.1, 0.15) is 6.92 Å². The van der Waals surface area contributed by atoms with Crippen molar-refractivity contribution in [1.82, 2.24) is 8.75 Å². The van der Waals surface area contributed by atoms with Crippen LogP contribution in [0.15, 0.2) is 12.1 Å². The summed E-state index contributed by atoms with van der Waals surface area (Å²) in [5.41, 5.74) is 1.75. The highest BCUT2D eigenvalue weighted by Gasteiger charge is 2.15. The van der Waals surface area contributed by atoms with Gasteiger partial charge < -0.3 is 5.32 Å². The molecule has 0 aliphatic rings. The van der Waals surface area contributed by atoms with Gasteiger partial charge in [0.25, 0.3) is 0 Å². The van der Waals surface area contributed by atoms with Crippen LogP contribution in [0.3, 0.4) is 0 Å². The first-order chi connectivity index (χ1) is 7.59. The van der Waals surface area contributed by atoms with Crippen LogP contribution in [0.5, 0.6) is 0 Å². The fourth-order valence-electron chi connectivity index (χ4n) is 1.17. The molecule has 0 radical (unpaired) electrons. The zero-order chi connectivity index (χ0) is 11.7. The molecule has 2 aromatic rings. The van der Waals surface area contributed by atoms with Gasteiger partial charge in [0.1, 0.15) is 16.4 Å². The summed E-state index contributed by atoms with van der Waals surface area (Å²) < 4.78 is 8.14. The summed E-state index contributed by atoms with van der Waals surface area (Å²) in [5.74, 6) is -0.316. The minimum absolute atomic E-state index is 0.316. The van der Waals surface area contributed by atoms with Gasteiger partial charge in [0.05, 0.1) is 22.4 Å². The lowest BCUT2D eigenvalue weighted by molar-refractivity contribution is -0.115. The standard InChI is InChI=1S/C9H7Cl2N3OS/c1-4(10)9(15)12-7-5(11)2-3-6-8(7)14-16-13-6/h2-4H,1H3,(H,12,15). The van der Waals surface area contributed by atoms with E-state index in [0.29, 0.717) is 21.7 Å². The molecule has 7 heteroatoms. The predicted octanol–water partition coefficient (Wildman–Crippen LogP) is 2.91. The van der Waals surface area contributed by atoms with Crippen LogP contribution in [-0.2, 0) is 4.79 Å². The molecule has 0 bridgehead atoms. The average molecular weight is 276 g/mol. The number of aromatic nitrogens is 2. The molecule has 0 saturated carbocycles. The topological polar surface area (TPSA) is 54.9 Å². The van der Waals surface area contributed by atoms with Gasteiger partial charge >= 0.3 is 0 Å². The molecule has 0 aliphatic heterocycles. The molecule has 4 nitrogen and oxygen atoms in total. The number of carbonyl (C=O) groups is 1. The second-order valence-electron chi connectivity index (χ2n) is 3.16. The monoisotopic (exact) mass is 275 g/mol. The zero-order valence-corrected chi connectivity index (χ0v) is 10.5. The van der Waals surface area contributed by atoms with E-state index in [-0.39, 0.29) is 5.91 Å². The minimum Gasteiger partial charge on any atom is -0.322 e. The highest BCUT2D eigenvalue weighted by Crippen LogP contribution is 2.30. The van der Waals surface area contributed by atoms with Gasteiger partial charge in [0.15, 0.2) is 0 Å². The quantitative estimate of drug-likeness (QED) is 0.858. The second kappa shape index (κ2) is 4.53. The van der Waals surface area contributed by atoms with Gasteiger partial charge in [-0.25, -0.2) is 0 Å². The Morgan fingerprint density at radius 3 is 2.94 bits per heavy atom. The molecule has 1 aromatic heterocycles. The molecule has 1 amide bonds. The van der Waals surface area contributed by atoms with Gasteiger partial charge in [0, 0.05) is 0 Å². The molecular formula is C9H7Cl2N3OS. The number of nitrogens with one attached hydrogen (secondary N) is 1. The average Bonchev–Trinajstić information content (AvgIpc) is 2.70. The molecule has 0 spiro atoms. The number of nitrogens with zero attached hydrogens (tertiary/aromatic N) is 2. The molecule has 2 rings (SSSR count). The fraction of sp³-hybridized carbons (Fsp3) is 0.222. The SMILES string of the molecule is CC(Cl)C(=O)Nc1c(Cl)ccc2nsnc12. The molecule has 1 N–H and O–H groups in total. The number of fused-ring (bicyclic) bond motifs is 1. The van der Waals surface area contributed by atoms with Gasteiger partial charge in [0.2, 0.25) is 5.91 Å². The molecule has 0 aliphatic carbocycles. The van der Waals surface area contributed by atoms with Gasteiger partial charge in [-0.15, -0.1) is 11.6 Å². The first-order valence-electron chi connectivity index (χ1n) is 4.45. The number of hydrogen-bond acceptors (Lipinski definition) is 4. The molecule has 1 heterocycles. The number of benzene rings is 1. The Morgan fingerprint density at radius 2 is 2.25 bits per heavy atom. The summed E-state index contributed by atoms with van der Waals surface area (Å²) in [7, 11) is 0. The van der Waals surface area contributed by atoms with E-state index in [0.717, 1.165) is 11.7 Å². The van der Waals surface area contributed by atoms with Crippen molar-refractivity contribution in [2.24, 2.45) is 0 Å². The lowest BCUT2D eigenvalue weighted by atomic mass is 10.2. The van der Waals surface area contributed by atoms with Crippen molar-refractivity contribution in [3.05, 3.63) is 17.2 Å². The molecular weight excluding hydrogens is 269 g/mol. The molecule has 16 heavy (non-hydrogen) atoms. The van der Waals surface area contributed by atoms with Crippen LogP contribution in [-0.4, -0.2) is 20.0 Å². The number of alkyl halides is 1.